The van der Waals surface area contributed by atoms with Crippen LogP contribution in [0.15, 0.2) is 52.7 Å². The first-order valence-corrected chi connectivity index (χ1v) is 12.9. The molecule has 3 aromatic rings. The molecule has 1 fully saturated rings. The normalized spacial score (nSPS) is 15.5. The summed E-state index contributed by atoms with van der Waals surface area (Å²) in [5.41, 5.74) is 4.61. The van der Waals surface area contributed by atoms with Crippen molar-refractivity contribution in [3.63, 3.8) is 0 Å². The van der Waals surface area contributed by atoms with Gasteiger partial charge in [-0.3, -0.25) is 0 Å². The van der Waals surface area contributed by atoms with E-state index >= 15 is 0 Å². The average Bonchev–Trinajstić information content (AvgIpc) is 3.21. The molecule has 0 saturated carbocycles. The Balaban J connectivity index is 1.37. The molecule has 0 amide bonds. The van der Waals surface area contributed by atoms with Crippen molar-refractivity contribution < 1.29 is 26.3 Å². The predicted molar refractivity (Wildman–Crippen MR) is 125 cm³/mol. The molecule has 0 aliphatic carbocycles. The van der Waals surface area contributed by atoms with Crippen LogP contribution in [-0.2, 0) is 16.4 Å². The number of benzene rings is 2. The molecule has 1 aliphatic heterocycles. The summed E-state index contributed by atoms with van der Waals surface area (Å²) in [6, 6.07) is 10.7. The number of thiazole rings is 1. The first-order chi connectivity index (χ1) is 16.0. The Morgan fingerprint density at radius 1 is 1.00 bits per heavy atom. The van der Waals surface area contributed by atoms with E-state index < -0.39 is 22.1 Å². The van der Waals surface area contributed by atoms with E-state index in [1.165, 1.54) is 32.3 Å². The maximum absolute atomic E-state index is 12.9. The van der Waals surface area contributed by atoms with Crippen molar-refractivity contribution in [3.05, 3.63) is 70.2 Å². The van der Waals surface area contributed by atoms with Gasteiger partial charge >= 0.3 is 6.36 Å². The number of aryl methyl sites for hydroxylation is 2. The van der Waals surface area contributed by atoms with Crippen LogP contribution in [-0.4, -0.2) is 50.2 Å². The number of halogens is 3. The Morgan fingerprint density at radius 2 is 1.62 bits per heavy atom. The van der Waals surface area contributed by atoms with Crippen molar-refractivity contribution in [1.29, 1.82) is 0 Å². The van der Waals surface area contributed by atoms with Gasteiger partial charge in [0, 0.05) is 38.0 Å². The summed E-state index contributed by atoms with van der Waals surface area (Å²) in [4.78, 5) is 6.73. The minimum Gasteiger partial charge on any atom is -0.406 e. The summed E-state index contributed by atoms with van der Waals surface area (Å²) in [6.07, 6.45) is -4.09. The Hall–Kier alpha value is -2.63. The van der Waals surface area contributed by atoms with Crippen LogP contribution in [0.3, 0.4) is 0 Å². The van der Waals surface area contributed by atoms with Crippen LogP contribution < -0.4 is 9.64 Å². The lowest BCUT2D eigenvalue weighted by molar-refractivity contribution is -0.274. The fourth-order valence-corrected chi connectivity index (χ4v) is 6.29. The Kier molecular flexibility index (Phi) is 6.88. The van der Waals surface area contributed by atoms with Crippen molar-refractivity contribution in [3.8, 4) is 5.75 Å². The lowest BCUT2D eigenvalue weighted by Gasteiger charge is -2.33. The molecule has 0 N–H and O–H groups in total. The summed E-state index contributed by atoms with van der Waals surface area (Å²) in [6.45, 7) is 5.61. The minimum absolute atomic E-state index is 0.0690. The highest BCUT2D eigenvalue weighted by molar-refractivity contribution is 7.89. The largest absolute Gasteiger partial charge is 0.573 e. The monoisotopic (exact) mass is 511 g/mol. The third-order valence-electron chi connectivity index (χ3n) is 5.41. The summed E-state index contributed by atoms with van der Waals surface area (Å²) in [5, 5.41) is 2.88. The molecule has 0 unspecified atom stereocenters. The third kappa shape index (κ3) is 5.89. The molecule has 182 valence electrons. The van der Waals surface area contributed by atoms with E-state index in [9.17, 15) is 21.6 Å². The molecule has 6 nitrogen and oxygen atoms in total. The van der Waals surface area contributed by atoms with Crippen LogP contribution in [0, 0.1) is 13.8 Å². The van der Waals surface area contributed by atoms with E-state index in [-0.39, 0.29) is 18.0 Å². The number of hydrogen-bond donors (Lipinski definition) is 0. The summed E-state index contributed by atoms with van der Waals surface area (Å²) in [7, 11) is -3.82. The molecule has 2 heterocycles. The van der Waals surface area contributed by atoms with Crippen molar-refractivity contribution >= 4 is 26.5 Å². The summed E-state index contributed by atoms with van der Waals surface area (Å²) in [5.74, 6) is -0.461. The maximum atomic E-state index is 12.9. The zero-order chi connectivity index (χ0) is 24.5. The van der Waals surface area contributed by atoms with Crippen LogP contribution in [0.4, 0.5) is 18.3 Å². The topological polar surface area (TPSA) is 62.7 Å². The number of hydrogen-bond acceptors (Lipinski definition) is 6. The van der Waals surface area contributed by atoms with Gasteiger partial charge in [-0.05, 0) is 43.7 Å². The van der Waals surface area contributed by atoms with Gasteiger partial charge in [0.2, 0.25) is 10.0 Å². The second kappa shape index (κ2) is 9.55. The van der Waals surface area contributed by atoms with Gasteiger partial charge in [0.15, 0.2) is 5.13 Å². The number of nitrogens with zero attached hydrogens (tertiary/aromatic N) is 3. The quantitative estimate of drug-likeness (QED) is 0.478. The third-order valence-corrected chi connectivity index (χ3v) is 8.27. The Morgan fingerprint density at radius 3 is 2.21 bits per heavy atom. The molecule has 34 heavy (non-hydrogen) atoms. The molecule has 1 aliphatic rings. The highest BCUT2D eigenvalue weighted by atomic mass is 32.2. The number of anilines is 1. The summed E-state index contributed by atoms with van der Waals surface area (Å²) >= 11 is 1.54. The van der Waals surface area contributed by atoms with Crippen LogP contribution in [0.2, 0.25) is 0 Å². The molecule has 0 atom stereocenters. The van der Waals surface area contributed by atoms with Crippen molar-refractivity contribution in [2.45, 2.75) is 31.5 Å². The molecule has 11 heteroatoms. The minimum atomic E-state index is -4.83. The highest BCUT2D eigenvalue weighted by Crippen LogP contribution is 2.27. The molecule has 4 rings (SSSR count). The molecule has 2 aromatic carbocycles. The smallest absolute Gasteiger partial charge is 0.406 e. The van der Waals surface area contributed by atoms with Crippen LogP contribution in [0.25, 0.3) is 0 Å². The zero-order valence-corrected chi connectivity index (χ0v) is 20.3. The van der Waals surface area contributed by atoms with Gasteiger partial charge in [-0.15, -0.1) is 24.5 Å². The Bertz CT molecular complexity index is 1230. The van der Waals surface area contributed by atoms with Crippen LogP contribution >= 0.6 is 11.3 Å². The van der Waals surface area contributed by atoms with Crippen molar-refractivity contribution in [2.75, 3.05) is 31.1 Å². The molecule has 0 spiro atoms. The lowest BCUT2D eigenvalue weighted by atomic mass is 10.0. The van der Waals surface area contributed by atoms with Crippen molar-refractivity contribution in [2.24, 2.45) is 0 Å². The number of ether oxygens (including phenoxy) is 1. The molecule has 1 aromatic heterocycles. The number of sulfonamides is 1. The van der Waals surface area contributed by atoms with E-state index in [4.69, 9.17) is 4.98 Å². The van der Waals surface area contributed by atoms with Gasteiger partial charge in [-0.1, -0.05) is 29.3 Å². The number of aromatic nitrogens is 1. The van der Waals surface area contributed by atoms with E-state index in [1.54, 1.807) is 0 Å². The average molecular weight is 512 g/mol. The molecular weight excluding hydrogens is 487 g/mol. The SMILES string of the molecule is Cc1cc(C)cc(Cc2csc(N3CCN(S(=O)(=O)c4ccc(OC(F)(F)F)cc4)CC3)n2)c1. The number of alkyl halides is 3. The van der Waals surface area contributed by atoms with Gasteiger partial charge in [-0.2, -0.15) is 4.31 Å². The second-order valence-electron chi connectivity index (χ2n) is 8.20. The van der Waals surface area contributed by atoms with Gasteiger partial charge in [0.1, 0.15) is 5.75 Å². The standard InChI is InChI=1S/C23H24F3N3O3S2/c1-16-11-17(2)13-18(12-16)14-19-15-33-22(27-19)28-7-9-29(10-8-28)34(30,31)21-5-3-20(4-6-21)32-23(24,25)26/h3-6,11-13,15H,7-10,14H2,1-2H3. The highest BCUT2D eigenvalue weighted by Gasteiger charge is 2.32. The first-order valence-electron chi connectivity index (χ1n) is 10.6. The van der Waals surface area contributed by atoms with Gasteiger partial charge in [-0.25, -0.2) is 13.4 Å². The lowest BCUT2D eigenvalue weighted by Crippen LogP contribution is -2.48. The maximum Gasteiger partial charge on any atom is 0.573 e. The van der Waals surface area contributed by atoms with Gasteiger partial charge in [0.05, 0.1) is 10.6 Å². The predicted octanol–water partition coefficient (Wildman–Crippen LogP) is 4.76. The summed E-state index contributed by atoms with van der Waals surface area (Å²) < 4.78 is 68.0. The van der Waals surface area contributed by atoms with Crippen molar-refractivity contribution in [1.82, 2.24) is 9.29 Å². The van der Waals surface area contributed by atoms with E-state index in [1.807, 2.05) is 5.38 Å². The van der Waals surface area contributed by atoms with E-state index in [2.05, 4.69) is 41.7 Å². The second-order valence-corrected chi connectivity index (χ2v) is 11.0. The van der Waals surface area contributed by atoms with E-state index in [0.717, 1.165) is 41.5 Å². The van der Waals surface area contributed by atoms with E-state index in [0.29, 0.717) is 13.1 Å². The van der Waals surface area contributed by atoms with Gasteiger partial charge in [0.25, 0.3) is 0 Å². The fourth-order valence-electron chi connectivity index (χ4n) is 3.99. The first kappa shape index (κ1) is 24.5. The van der Waals surface area contributed by atoms with Crippen LogP contribution in [0.1, 0.15) is 22.4 Å². The number of rotatable bonds is 6. The van der Waals surface area contributed by atoms with Crippen LogP contribution in [0.5, 0.6) is 5.75 Å². The number of piperazine rings is 1. The molecule has 1 saturated heterocycles. The fraction of sp³-hybridized carbons (Fsp3) is 0.348. The molecule has 0 bridgehead atoms. The molecular formula is C23H24F3N3O3S2. The molecule has 0 radical (unpaired) electrons. The zero-order valence-electron chi connectivity index (χ0n) is 18.7. The Labute approximate surface area is 200 Å². The van der Waals surface area contributed by atoms with Gasteiger partial charge < -0.3 is 9.64 Å².